The molecule has 80 valence electrons. The van der Waals surface area contributed by atoms with Crippen LogP contribution in [0.25, 0.3) is 0 Å². The number of hydrogen-bond acceptors (Lipinski definition) is 1. The van der Waals surface area contributed by atoms with E-state index >= 15 is 0 Å². The Balaban J connectivity index is 2.23. The third-order valence-electron chi connectivity index (χ3n) is 3.05. The molecule has 0 radical (unpaired) electrons. The molecular weight excluding hydrogens is 182 g/mol. The van der Waals surface area contributed by atoms with Gasteiger partial charge in [0.1, 0.15) is 0 Å². The molecule has 1 aliphatic rings. The number of rotatable bonds is 4. The summed E-state index contributed by atoms with van der Waals surface area (Å²) >= 11 is 0. The Hall–Kier alpha value is -1.24. The maximum atomic E-state index is 3.91. The molecule has 1 fully saturated rings. The predicted molar refractivity (Wildman–Crippen MR) is 66.2 cm³/mol. The molecule has 0 bridgehead atoms. The van der Waals surface area contributed by atoms with Gasteiger partial charge in [-0.1, -0.05) is 18.7 Å². The molecule has 0 N–H and O–H groups in total. The van der Waals surface area contributed by atoms with E-state index in [9.17, 15) is 0 Å². The van der Waals surface area contributed by atoms with Gasteiger partial charge in [0.2, 0.25) is 0 Å². The van der Waals surface area contributed by atoms with E-state index in [4.69, 9.17) is 0 Å². The zero-order valence-corrected chi connectivity index (χ0v) is 9.66. The van der Waals surface area contributed by atoms with Gasteiger partial charge in [0.15, 0.2) is 0 Å². The van der Waals surface area contributed by atoms with Crippen LogP contribution in [-0.2, 0) is 0 Å². The topological polar surface area (TPSA) is 3.24 Å². The van der Waals surface area contributed by atoms with Crippen molar-refractivity contribution in [1.29, 1.82) is 0 Å². The fourth-order valence-corrected chi connectivity index (χ4v) is 1.88. The fraction of sp³-hybridized carbons (Fsp3) is 0.429. The van der Waals surface area contributed by atoms with Gasteiger partial charge in [0.25, 0.3) is 0 Å². The van der Waals surface area contributed by atoms with E-state index in [1.165, 1.54) is 29.7 Å². The molecule has 0 saturated heterocycles. The molecule has 1 nitrogen and oxygen atoms in total. The Labute approximate surface area is 92.4 Å². The lowest BCUT2D eigenvalue weighted by molar-refractivity contribution is 0.808. The first-order valence-electron chi connectivity index (χ1n) is 5.67. The van der Waals surface area contributed by atoms with Crippen LogP contribution in [0.3, 0.4) is 0 Å². The maximum Gasteiger partial charge on any atom is 0.0438 e. The number of benzene rings is 1. The molecule has 1 aliphatic carbocycles. The van der Waals surface area contributed by atoms with E-state index < -0.39 is 0 Å². The third kappa shape index (κ3) is 2.41. The molecule has 0 atom stereocenters. The van der Waals surface area contributed by atoms with Gasteiger partial charge in [0.05, 0.1) is 0 Å². The predicted octanol–water partition coefficient (Wildman–Crippen LogP) is 3.66. The van der Waals surface area contributed by atoms with Crippen LogP contribution in [0, 0.1) is 19.8 Å². The van der Waals surface area contributed by atoms with Gasteiger partial charge >= 0.3 is 0 Å². The lowest BCUT2D eigenvalue weighted by atomic mass is 10.1. The second-order valence-corrected chi connectivity index (χ2v) is 4.57. The van der Waals surface area contributed by atoms with Crippen molar-refractivity contribution in [3.8, 4) is 0 Å². The molecule has 0 heterocycles. The Bertz CT molecular complexity index is 364. The standard InChI is InChI=1S/C14H19N/c1-4-15(10-13-7-8-13)14-9-11(2)5-6-12(14)3/h4-6,9,13H,1,7-8,10H2,2-3H3. The van der Waals surface area contributed by atoms with Crippen molar-refractivity contribution in [2.45, 2.75) is 26.7 Å². The summed E-state index contributed by atoms with van der Waals surface area (Å²) in [6.07, 6.45) is 4.73. The summed E-state index contributed by atoms with van der Waals surface area (Å²) in [6, 6.07) is 6.60. The lowest BCUT2D eigenvalue weighted by Crippen LogP contribution is -2.19. The van der Waals surface area contributed by atoms with Crippen LogP contribution in [0.2, 0.25) is 0 Å². The summed E-state index contributed by atoms with van der Waals surface area (Å²) in [6.45, 7) is 9.35. The smallest absolute Gasteiger partial charge is 0.0438 e. The second-order valence-electron chi connectivity index (χ2n) is 4.57. The normalized spacial score (nSPS) is 15.1. The van der Waals surface area contributed by atoms with Gasteiger partial charge in [-0.25, -0.2) is 0 Å². The molecule has 0 spiro atoms. The fourth-order valence-electron chi connectivity index (χ4n) is 1.88. The molecule has 0 unspecified atom stereocenters. The highest BCUT2D eigenvalue weighted by molar-refractivity contribution is 5.56. The Morgan fingerprint density at radius 3 is 2.73 bits per heavy atom. The van der Waals surface area contributed by atoms with E-state index in [1.54, 1.807) is 0 Å². The van der Waals surface area contributed by atoms with Crippen molar-refractivity contribution in [3.63, 3.8) is 0 Å². The first kappa shape index (κ1) is 10.3. The first-order valence-corrected chi connectivity index (χ1v) is 5.67. The van der Waals surface area contributed by atoms with Crippen molar-refractivity contribution in [1.82, 2.24) is 0 Å². The summed E-state index contributed by atoms with van der Waals surface area (Å²) in [5.74, 6) is 0.892. The van der Waals surface area contributed by atoms with Crippen molar-refractivity contribution in [2.24, 2.45) is 5.92 Å². The minimum atomic E-state index is 0.892. The highest BCUT2D eigenvalue weighted by Gasteiger charge is 2.24. The molecule has 1 aromatic carbocycles. The van der Waals surface area contributed by atoms with Crippen molar-refractivity contribution < 1.29 is 0 Å². The Morgan fingerprint density at radius 1 is 1.40 bits per heavy atom. The highest BCUT2D eigenvalue weighted by Crippen LogP contribution is 2.32. The first-order chi connectivity index (χ1) is 7.20. The third-order valence-corrected chi connectivity index (χ3v) is 3.05. The highest BCUT2D eigenvalue weighted by atomic mass is 15.1. The van der Waals surface area contributed by atoms with Crippen molar-refractivity contribution in [3.05, 3.63) is 42.1 Å². The van der Waals surface area contributed by atoms with Crippen LogP contribution < -0.4 is 4.90 Å². The molecule has 15 heavy (non-hydrogen) atoms. The Kier molecular flexibility index (Phi) is 2.81. The van der Waals surface area contributed by atoms with Crippen LogP contribution in [0.5, 0.6) is 0 Å². The van der Waals surface area contributed by atoms with E-state index in [1.807, 2.05) is 6.20 Å². The zero-order valence-electron chi connectivity index (χ0n) is 9.66. The lowest BCUT2D eigenvalue weighted by Gasteiger charge is -2.22. The molecule has 1 aromatic rings. The van der Waals surface area contributed by atoms with E-state index in [2.05, 4.69) is 43.5 Å². The quantitative estimate of drug-likeness (QED) is 0.718. The molecular formula is C14H19N. The van der Waals surface area contributed by atoms with Crippen molar-refractivity contribution in [2.75, 3.05) is 11.4 Å². The minimum absolute atomic E-state index is 0.892. The molecule has 1 saturated carbocycles. The second kappa shape index (κ2) is 4.09. The minimum Gasteiger partial charge on any atom is -0.348 e. The summed E-state index contributed by atoms with van der Waals surface area (Å²) in [5, 5.41) is 0. The molecule has 0 aliphatic heterocycles. The Morgan fingerprint density at radius 2 is 2.13 bits per heavy atom. The largest absolute Gasteiger partial charge is 0.348 e. The van der Waals surface area contributed by atoms with Gasteiger partial charge < -0.3 is 4.90 Å². The molecule has 0 amide bonds. The molecule has 2 rings (SSSR count). The summed E-state index contributed by atoms with van der Waals surface area (Å²) in [5.41, 5.74) is 3.97. The average molecular weight is 201 g/mol. The van der Waals surface area contributed by atoms with Gasteiger partial charge in [-0.05, 0) is 56.0 Å². The molecule has 0 aromatic heterocycles. The SMILES string of the molecule is C=CN(CC1CC1)c1cc(C)ccc1C. The van der Waals surface area contributed by atoms with Crippen LogP contribution in [-0.4, -0.2) is 6.54 Å². The van der Waals surface area contributed by atoms with E-state index in [-0.39, 0.29) is 0 Å². The maximum absolute atomic E-state index is 3.91. The summed E-state index contributed by atoms with van der Waals surface area (Å²) in [7, 11) is 0. The summed E-state index contributed by atoms with van der Waals surface area (Å²) in [4.78, 5) is 2.29. The number of nitrogens with zero attached hydrogens (tertiary/aromatic N) is 1. The van der Waals surface area contributed by atoms with E-state index in [0.717, 1.165) is 12.5 Å². The van der Waals surface area contributed by atoms with Crippen LogP contribution in [0.1, 0.15) is 24.0 Å². The van der Waals surface area contributed by atoms with Gasteiger partial charge in [-0.15, -0.1) is 0 Å². The summed E-state index contributed by atoms with van der Waals surface area (Å²) < 4.78 is 0. The van der Waals surface area contributed by atoms with Crippen molar-refractivity contribution >= 4 is 5.69 Å². The van der Waals surface area contributed by atoms with E-state index in [0.29, 0.717) is 0 Å². The average Bonchev–Trinajstić information content (AvgIpc) is 3.02. The zero-order chi connectivity index (χ0) is 10.8. The van der Waals surface area contributed by atoms with Gasteiger partial charge in [-0.3, -0.25) is 0 Å². The number of hydrogen-bond donors (Lipinski definition) is 0. The van der Waals surface area contributed by atoms with Crippen LogP contribution in [0.15, 0.2) is 31.0 Å². The van der Waals surface area contributed by atoms with Crippen LogP contribution >= 0.6 is 0 Å². The van der Waals surface area contributed by atoms with Gasteiger partial charge in [0, 0.05) is 12.2 Å². The van der Waals surface area contributed by atoms with Crippen LogP contribution in [0.4, 0.5) is 5.69 Å². The van der Waals surface area contributed by atoms with Gasteiger partial charge in [-0.2, -0.15) is 0 Å². The number of anilines is 1. The molecule has 1 heteroatoms. The monoisotopic (exact) mass is 201 g/mol. The number of aryl methyl sites for hydroxylation is 2.